The molecule has 1 aromatic carbocycles. The third-order valence-electron chi connectivity index (χ3n) is 3.38. The van der Waals surface area contributed by atoms with Crippen molar-refractivity contribution in [2.75, 3.05) is 18.4 Å². The van der Waals surface area contributed by atoms with Gasteiger partial charge in [-0.25, -0.2) is 0 Å². The average molecular weight is 358 g/mol. The monoisotopic (exact) mass is 357 g/mol. The van der Waals surface area contributed by atoms with Gasteiger partial charge in [0, 0.05) is 25.2 Å². The Morgan fingerprint density at radius 3 is 2.95 bits per heavy atom. The number of rotatable bonds is 3. The Labute approximate surface area is 142 Å². The SMILES string of the molecule is O=C(CC1SC2=NCCCN2C1=O)Nc1ccc(Cl)c(Cl)c1. The summed E-state index contributed by atoms with van der Waals surface area (Å²) in [6.45, 7) is 1.43. The zero-order chi connectivity index (χ0) is 15.7. The van der Waals surface area contributed by atoms with Crippen LogP contribution in [0.1, 0.15) is 12.8 Å². The maximum Gasteiger partial charge on any atom is 0.242 e. The molecule has 22 heavy (non-hydrogen) atoms. The fraction of sp³-hybridized carbons (Fsp3) is 0.357. The van der Waals surface area contributed by atoms with E-state index in [1.165, 1.54) is 11.8 Å². The van der Waals surface area contributed by atoms with Gasteiger partial charge in [0.25, 0.3) is 0 Å². The summed E-state index contributed by atoms with van der Waals surface area (Å²) < 4.78 is 0. The molecule has 0 aliphatic carbocycles. The lowest BCUT2D eigenvalue weighted by Crippen LogP contribution is -2.36. The molecule has 2 aliphatic heterocycles. The largest absolute Gasteiger partial charge is 0.326 e. The Bertz CT molecular complexity index is 665. The summed E-state index contributed by atoms with van der Waals surface area (Å²) >= 11 is 13.1. The van der Waals surface area contributed by atoms with Crippen LogP contribution < -0.4 is 5.32 Å². The van der Waals surface area contributed by atoms with Gasteiger partial charge < -0.3 is 5.32 Å². The van der Waals surface area contributed by atoms with Crippen molar-refractivity contribution in [2.24, 2.45) is 4.99 Å². The zero-order valence-corrected chi connectivity index (χ0v) is 13.8. The van der Waals surface area contributed by atoms with Crippen LogP contribution in [0.25, 0.3) is 0 Å². The summed E-state index contributed by atoms with van der Waals surface area (Å²) in [5, 5.41) is 3.87. The van der Waals surface area contributed by atoms with Gasteiger partial charge in [-0.05, 0) is 24.6 Å². The molecular weight excluding hydrogens is 345 g/mol. The molecule has 5 nitrogen and oxygen atoms in total. The molecule has 3 rings (SSSR count). The first kappa shape index (κ1) is 15.6. The molecule has 1 aromatic rings. The van der Waals surface area contributed by atoms with Crippen molar-refractivity contribution in [2.45, 2.75) is 18.1 Å². The van der Waals surface area contributed by atoms with E-state index in [4.69, 9.17) is 23.2 Å². The highest BCUT2D eigenvalue weighted by atomic mass is 35.5. The van der Waals surface area contributed by atoms with E-state index in [0.29, 0.717) is 22.3 Å². The number of carbonyl (C=O) groups is 2. The molecular formula is C14H13Cl2N3O2S. The Kier molecular flexibility index (Phi) is 4.61. The van der Waals surface area contributed by atoms with Crippen LogP contribution in [-0.2, 0) is 9.59 Å². The number of thioether (sulfide) groups is 1. The Morgan fingerprint density at radius 2 is 2.23 bits per heavy atom. The molecule has 0 radical (unpaired) electrons. The lowest BCUT2D eigenvalue weighted by molar-refractivity contribution is -0.128. The minimum Gasteiger partial charge on any atom is -0.326 e. The fourth-order valence-electron chi connectivity index (χ4n) is 2.32. The summed E-state index contributed by atoms with van der Waals surface area (Å²) in [6, 6.07) is 4.87. The lowest BCUT2D eigenvalue weighted by Gasteiger charge is -2.19. The molecule has 1 atom stereocenters. The Balaban J connectivity index is 1.62. The first-order chi connectivity index (χ1) is 10.5. The molecule has 2 aliphatic rings. The number of nitrogens with zero attached hydrogens (tertiary/aromatic N) is 2. The maximum atomic E-state index is 12.2. The number of anilines is 1. The second kappa shape index (κ2) is 6.48. The number of halogens is 2. The molecule has 1 saturated heterocycles. The van der Waals surface area contributed by atoms with Gasteiger partial charge in [-0.2, -0.15) is 0 Å². The number of fused-ring (bicyclic) bond motifs is 1. The summed E-state index contributed by atoms with van der Waals surface area (Å²) in [5.74, 6) is -0.266. The molecule has 0 bridgehead atoms. The second-order valence-corrected chi connectivity index (χ2v) is 6.98. The van der Waals surface area contributed by atoms with Gasteiger partial charge in [-0.3, -0.25) is 19.5 Å². The lowest BCUT2D eigenvalue weighted by atomic mass is 10.2. The highest BCUT2D eigenvalue weighted by Gasteiger charge is 2.39. The number of aliphatic imine (C=N–C) groups is 1. The van der Waals surface area contributed by atoms with Crippen LogP contribution in [0, 0.1) is 0 Å². The molecule has 2 amide bonds. The molecule has 2 heterocycles. The minimum atomic E-state index is -0.403. The third-order valence-corrected chi connectivity index (χ3v) is 5.33. The van der Waals surface area contributed by atoms with Crippen LogP contribution in [0.4, 0.5) is 5.69 Å². The molecule has 0 spiro atoms. The van der Waals surface area contributed by atoms with Crippen LogP contribution in [-0.4, -0.2) is 40.2 Å². The van der Waals surface area contributed by atoms with Crippen LogP contribution in [0.2, 0.25) is 10.0 Å². The van der Waals surface area contributed by atoms with E-state index in [1.807, 2.05) is 0 Å². The van der Waals surface area contributed by atoms with E-state index in [9.17, 15) is 9.59 Å². The predicted octanol–water partition coefficient (Wildman–Crippen LogP) is 3.03. The van der Waals surface area contributed by atoms with Crippen LogP contribution >= 0.6 is 35.0 Å². The molecule has 8 heteroatoms. The van der Waals surface area contributed by atoms with Crippen LogP contribution in [0.5, 0.6) is 0 Å². The van der Waals surface area contributed by atoms with Gasteiger partial charge in [0.05, 0.1) is 10.0 Å². The topological polar surface area (TPSA) is 61.8 Å². The predicted molar refractivity (Wildman–Crippen MR) is 89.7 cm³/mol. The number of benzene rings is 1. The number of hydrogen-bond donors (Lipinski definition) is 1. The molecule has 1 N–H and O–H groups in total. The van der Waals surface area contributed by atoms with Crippen molar-refractivity contribution >= 4 is 57.6 Å². The van der Waals surface area contributed by atoms with Gasteiger partial charge in [-0.1, -0.05) is 35.0 Å². The average Bonchev–Trinajstić information content (AvgIpc) is 2.80. The van der Waals surface area contributed by atoms with E-state index in [-0.39, 0.29) is 18.2 Å². The first-order valence-corrected chi connectivity index (χ1v) is 8.45. The van der Waals surface area contributed by atoms with E-state index in [2.05, 4.69) is 10.3 Å². The summed E-state index contributed by atoms with van der Waals surface area (Å²) in [6.07, 6.45) is 0.983. The standard InChI is InChI=1S/C14H13Cl2N3O2S/c15-9-3-2-8(6-10(9)16)18-12(20)7-11-13(21)19-5-1-4-17-14(19)22-11/h2-3,6,11H,1,4-5,7H2,(H,18,20). The van der Waals surface area contributed by atoms with Crippen molar-refractivity contribution in [3.8, 4) is 0 Å². The van der Waals surface area contributed by atoms with Crippen LogP contribution in [0.3, 0.4) is 0 Å². The van der Waals surface area contributed by atoms with Gasteiger partial charge in [-0.15, -0.1) is 0 Å². The van der Waals surface area contributed by atoms with E-state index < -0.39 is 5.25 Å². The second-order valence-electron chi connectivity index (χ2n) is 5.00. The van der Waals surface area contributed by atoms with Crippen molar-refractivity contribution < 1.29 is 9.59 Å². The van der Waals surface area contributed by atoms with E-state index in [1.54, 1.807) is 23.1 Å². The zero-order valence-electron chi connectivity index (χ0n) is 11.5. The molecule has 0 saturated carbocycles. The van der Waals surface area contributed by atoms with Crippen LogP contribution in [0.15, 0.2) is 23.2 Å². The number of hydrogen-bond acceptors (Lipinski definition) is 4. The first-order valence-electron chi connectivity index (χ1n) is 6.82. The molecule has 0 aromatic heterocycles. The van der Waals surface area contributed by atoms with Crippen molar-refractivity contribution in [3.63, 3.8) is 0 Å². The molecule has 1 unspecified atom stereocenters. The minimum absolute atomic E-state index is 0.0345. The van der Waals surface area contributed by atoms with Crippen molar-refractivity contribution in [1.82, 2.24) is 4.90 Å². The fourth-order valence-corrected chi connectivity index (χ4v) is 3.81. The van der Waals surface area contributed by atoms with Gasteiger partial charge in [0.2, 0.25) is 11.8 Å². The maximum absolute atomic E-state index is 12.2. The summed E-state index contributed by atoms with van der Waals surface area (Å²) in [7, 11) is 0. The van der Waals surface area contributed by atoms with E-state index >= 15 is 0 Å². The number of nitrogens with one attached hydrogen (secondary N) is 1. The Hall–Kier alpha value is -1.24. The number of amidine groups is 1. The van der Waals surface area contributed by atoms with Gasteiger partial charge >= 0.3 is 0 Å². The summed E-state index contributed by atoms with van der Waals surface area (Å²) in [5.41, 5.74) is 0.560. The van der Waals surface area contributed by atoms with Crippen molar-refractivity contribution in [1.29, 1.82) is 0 Å². The van der Waals surface area contributed by atoms with Gasteiger partial charge in [0.1, 0.15) is 5.25 Å². The number of carbonyl (C=O) groups excluding carboxylic acids is 2. The molecule has 1 fully saturated rings. The third kappa shape index (κ3) is 3.24. The quantitative estimate of drug-likeness (QED) is 0.904. The molecule has 116 valence electrons. The number of amides is 2. The summed E-state index contributed by atoms with van der Waals surface area (Å²) in [4.78, 5) is 30.3. The highest BCUT2D eigenvalue weighted by molar-refractivity contribution is 8.15. The highest BCUT2D eigenvalue weighted by Crippen LogP contribution is 2.32. The Morgan fingerprint density at radius 1 is 1.41 bits per heavy atom. The smallest absolute Gasteiger partial charge is 0.242 e. The van der Waals surface area contributed by atoms with Gasteiger partial charge in [0.15, 0.2) is 5.17 Å². The normalized spacial score (nSPS) is 20.6. The van der Waals surface area contributed by atoms with Crippen molar-refractivity contribution in [3.05, 3.63) is 28.2 Å². The van der Waals surface area contributed by atoms with E-state index in [0.717, 1.165) is 18.1 Å².